The molecule has 1 aromatic carbocycles. The number of rotatable bonds is 4. The molecular weight excluding hydrogens is 396 g/mol. The van der Waals surface area contributed by atoms with Crippen LogP contribution in [0, 0.1) is 5.92 Å². The lowest BCUT2D eigenvalue weighted by Gasteiger charge is -2.34. The van der Waals surface area contributed by atoms with Crippen LogP contribution in [0.3, 0.4) is 0 Å². The summed E-state index contributed by atoms with van der Waals surface area (Å²) in [6.45, 7) is 1.68. The molecule has 0 aliphatic carbocycles. The molecule has 5 N–H and O–H groups in total. The average Bonchev–Trinajstić information content (AvgIpc) is 2.71. The quantitative estimate of drug-likeness (QED) is 0.590. The second-order valence-corrected chi connectivity index (χ2v) is 8.40. The molecule has 1 aromatic heterocycles. The van der Waals surface area contributed by atoms with Crippen LogP contribution in [0.2, 0.25) is 0 Å². The van der Waals surface area contributed by atoms with E-state index in [2.05, 4.69) is 19.3 Å². The van der Waals surface area contributed by atoms with E-state index in [1.165, 1.54) is 12.4 Å². The lowest BCUT2D eigenvalue weighted by atomic mass is 9.98. The van der Waals surface area contributed by atoms with Crippen LogP contribution < -0.4 is 15.2 Å². The number of nitrogens with one attached hydrogen (secondary N) is 1. The molecule has 4 rings (SSSR count). The minimum atomic E-state index is -3.34. The molecule has 11 heteroatoms. The van der Waals surface area contributed by atoms with Gasteiger partial charge >= 0.3 is 0 Å². The van der Waals surface area contributed by atoms with Crippen LogP contribution >= 0.6 is 11.0 Å². The summed E-state index contributed by atoms with van der Waals surface area (Å²) in [6, 6.07) is 6.84. The number of hydrogen-bond donors (Lipinski definition) is 4. The zero-order chi connectivity index (χ0) is 20.4. The predicted molar refractivity (Wildman–Crippen MR) is 110 cm³/mol. The Labute approximate surface area is 169 Å². The standard InChI is InChI=1S/C18H22N6O4S/c19-17-16-14(22-29(26,27)23-17)4-1-5-15(16)28-11-12-3-2-8-24(10-12)18(25)13-6-7-20-21-9-13/h1,4-7,9,12,22,26-27H,2-3,8,10-11H2,(H2,19,23)/t12-/m0/s1. The van der Waals surface area contributed by atoms with Crippen molar-refractivity contribution in [1.29, 1.82) is 0 Å². The zero-order valence-electron chi connectivity index (χ0n) is 15.6. The number of ether oxygens (including phenoxy) is 1. The summed E-state index contributed by atoms with van der Waals surface area (Å²) in [5.74, 6) is 0.619. The van der Waals surface area contributed by atoms with Crippen LogP contribution in [0.15, 0.2) is 41.1 Å². The molecule has 1 fully saturated rings. The highest BCUT2D eigenvalue weighted by Crippen LogP contribution is 2.46. The molecule has 2 aromatic rings. The number of amides is 1. The Hall–Kier alpha value is -2.89. The van der Waals surface area contributed by atoms with Crippen LogP contribution in [0.4, 0.5) is 5.69 Å². The van der Waals surface area contributed by atoms with Crippen LogP contribution in [0.25, 0.3) is 0 Å². The van der Waals surface area contributed by atoms with Crippen molar-refractivity contribution in [2.24, 2.45) is 16.0 Å². The third-order valence-corrected chi connectivity index (χ3v) is 5.81. The molecule has 154 valence electrons. The molecule has 10 nitrogen and oxygen atoms in total. The van der Waals surface area contributed by atoms with Crippen molar-refractivity contribution in [3.63, 3.8) is 0 Å². The van der Waals surface area contributed by atoms with Gasteiger partial charge < -0.3 is 15.4 Å². The molecule has 29 heavy (non-hydrogen) atoms. The van der Waals surface area contributed by atoms with Gasteiger partial charge in [0.15, 0.2) is 5.84 Å². The van der Waals surface area contributed by atoms with Crippen molar-refractivity contribution in [3.05, 3.63) is 47.8 Å². The number of fused-ring (bicyclic) bond motifs is 1. The molecule has 3 heterocycles. The Morgan fingerprint density at radius 1 is 1.34 bits per heavy atom. The van der Waals surface area contributed by atoms with E-state index in [1.807, 2.05) is 4.90 Å². The third kappa shape index (κ3) is 4.26. The third-order valence-electron chi connectivity index (χ3n) is 4.87. The number of amidine groups is 1. The molecule has 2 aliphatic heterocycles. The number of aromatic nitrogens is 2. The van der Waals surface area contributed by atoms with E-state index in [4.69, 9.17) is 10.5 Å². The van der Waals surface area contributed by atoms with Crippen molar-refractivity contribution in [2.75, 3.05) is 24.4 Å². The minimum absolute atomic E-state index is 0.0139. The average molecular weight is 418 g/mol. The first kappa shape index (κ1) is 19.4. The van der Waals surface area contributed by atoms with Gasteiger partial charge in [0.25, 0.3) is 5.91 Å². The summed E-state index contributed by atoms with van der Waals surface area (Å²) < 4.78 is 31.8. The van der Waals surface area contributed by atoms with Crippen molar-refractivity contribution in [3.8, 4) is 5.75 Å². The SMILES string of the molecule is NC1=NS(O)(O)Nc2cccc(OC[C@H]3CCCN(C(=O)c4ccnnc4)C3)c21. The molecule has 1 atom stereocenters. The first-order valence-electron chi connectivity index (χ1n) is 9.16. The van der Waals surface area contributed by atoms with E-state index in [1.54, 1.807) is 24.3 Å². The molecule has 1 amide bonds. The largest absolute Gasteiger partial charge is 0.492 e. The fourth-order valence-corrected chi connectivity index (χ4v) is 4.42. The maximum absolute atomic E-state index is 12.6. The smallest absolute Gasteiger partial charge is 0.255 e. The number of benzene rings is 1. The number of carbonyl (C=O) groups excluding carboxylic acids is 1. The van der Waals surface area contributed by atoms with Gasteiger partial charge in [-0.05, 0) is 42.0 Å². The summed E-state index contributed by atoms with van der Waals surface area (Å²) in [4.78, 5) is 14.5. The second-order valence-electron chi connectivity index (χ2n) is 6.98. The molecule has 2 aliphatic rings. The fraction of sp³-hybridized carbons (Fsp3) is 0.333. The van der Waals surface area contributed by atoms with Gasteiger partial charge in [0, 0.05) is 19.0 Å². The first-order valence-corrected chi connectivity index (χ1v) is 10.7. The molecule has 1 saturated heterocycles. The Bertz CT molecular complexity index is 939. The normalized spacial score (nSPS) is 21.4. The highest BCUT2D eigenvalue weighted by atomic mass is 32.3. The molecule has 0 spiro atoms. The zero-order valence-corrected chi connectivity index (χ0v) is 16.4. The van der Waals surface area contributed by atoms with Crippen molar-refractivity contribution >= 4 is 28.4 Å². The lowest BCUT2D eigenvalue weighted by molar-refractivity contribution is 0.0632. The van der Waals surface area contributed by atoms with Crippen LogP contribution in [0.5, 0.6) is 5.75 Å². The van der Waals surface area contributed by atoms with Crippen LogP contribution in [-0.2, 0) is 0 Å². The lowest BCUT2D eigenvalue weighted by Crippen LogP contribution is -2.41. The van der Waals surface area contributed by atoms with Crippen molar-refractivity contribution in [2.45, 2.75) is 12.8 Å². The molecule has 0 bridgehead atoms. The molecular formula is C18H22N6O4S. The molecule has 0 unspecified atom stereocenters. The predicted octanol–water partition coefficient (Wildman–Crippen LogP) is 2.12. The van der Waals surface area contributed by atoms with E-state index in [-0.39, 0.29) is 17.7 Å². The van der Waals surface area contributed by atoms with Gasteiger partial charge in [-0.15, -0.1) is 4.40 Å². The summed E-state index contributed by atoms with van der Waals surface area (Å²) in [7, 11) is -3.34. The summed E-state index contributed by atoms with van der Waals surface area (Å²) in [5.41, 5.74) is 7.41. The summed E-state index contributed by atoms with van der Waals surface area (Å²) >= 11 is 0. The fourth-order valence-electron chi connectivity index (χ4n) is 3.55. The monoisotopic (exact) mass is 418 g/mol. The van der Waals surface area contributed by atoms with Crippen molar-refractivity contribution in [1.82, 2.24) is 15.1 Å². The number of carbonyl (C=O) groups is 1. The number of nitrogens with two attached hydrogens (primary N) is 1. The topological polar surface area (TPSA) is 146 Å². The van der Waals surface area contributed by atoms with Gasteiger partial charge in [0.1, 0.15) is 5.75 Å². The van der Waals surface area contributed by atoms with Crippen LogP contribution in [-0.4, -0.2) is 55.6 Å². The van der Waals surface area contributed by atoms with Gasteiger partial charge in [-0.25, -0.2) is 0 Å². The minimum Gasteiger partial charge on any atom is -0.492 e. The maximum atomic E-state index is 12.6. The second kappa shape index (κ2) is 7.85. The van der Waals surface area contributed by atoms with Crippen molar-refractivity contribution < 1.29 is 18.6 Å². The Balaban J connectivity index is 1.43. The highest BCUT2D eigenvalue weighted by molar-refractivity contribution is 8.24. The van der Waals surface area contributed by atoms with E-state index >= 15 is 0 Å². The summed E-state index contributed by atoms with van der Waals surface area (Å²) in [6.07, 6.45) is 4.80. The van der Waals surface area contributed by atoms with E-state index < -0.39 is 11.0 Å². The Morgan fingerprint density at radius 2 is 2.21 bits per heavy atom. The number of piperidine rings is 1. The Kier molecular flexibility index (Phi) is 5.26. The van der Waals surface area contributed by atoms with Gasteiger partial charge in [-0.1, -0.05) is 6.07 Å². The van der Waals surface area contributed by atoms with E-state index in [0.29, 0.717) is 42.3 Å². The van der Waals surface area contributed by atoms with Gasteiger partial charge in [0.2, 0.25) is 0 Å². The number of likely N-dealkylation sites (tertiary alicyclic amines) is 1. The number of hydrogen-bond acceptors (Lipinski definition) is 9. The summed E-state index contributed by atoms with van der Waals surface area (Å²) in [5, 5.41) is 7.47. The van der Waals surface area contributed by atoms with E-state index in [0.717, 1.165) is 12.8 Å². The van der Waals surface area contributed by atoms with Crippen LogP contribution in [0.1, 0.15) is 28.8 Å². The maximum Gasteiger partial charge on any atom is 0.255 e. The number of nitrogens with zero attached hydrogens (tertiary/aromatic N) is 4. The van der Waals surface area contributed by atoms with Gasteiger partial charge in [-0.2, -0.15) is 10.2 Å². The Morgan fingerprint density at radius 3 is 3.00 bits per heavy atom. The van der Waals surface area contributed by atoms with Gasteiger partial charge in [-0.3, -0.25) is 18.6 Å². The molecule has 0 saturated carbocycles. The highest BCUT2D eigenvalue weighted by Gasteiger charge is 2.28. The molecule has 0 radical (unpaired) electrons. The number of anilines is 1. The van der Waals surface area contributed by atoms with Gasteiger partial charge in [0.05, 0.1) is 35.8 Å². The van der Waals surface area contributed by atoms with E-state index in [9.17, 15) is 13.9 Å². The first-order chi connectivity index (χ1) is 13.9.